The van der Waals surface area contributed by atoms with Crippen LogP contribution in [0.3, 0.4) is 0 Å². The molecule has 12 heteroatoms. The number of rotatable bonds is 7. The summed E-state index contributed by atoms with van der Waals surface area (Å²) in [6.07, 6.45) is -5.40. The lowest BCUT2D eigenvalue weighted by Crippen LogP contribution is -2.48. The Balaban J connectivity index is 0.000000306. The summed E-state index contributed by atoms with van der Waals surface area (Å²) >= 11 is 11.9. The van der Waals surface area contributed by atoms with Gasteiger partial charge in [0.25, 0.3) is 0 Å². The second-order valence-corrected chi connectivity index (χ2v) is 7.46. The van der Waals surface area contributed by atoms with Crippen molar-refractivity contribution in [1.82, 2.24) is 10.3 Å². The SMILES string of the molecule is CNC[C@H](O)[C@@H](O)[C@H](O)[C@H](O)CO.Clc1cc(Cl)cc(-c2nc3ccccc3o2)c1.O=C=O. The summed E-state index contributed by atoms with van der Waals surface area (Å²) in [5, 5.41) is 48.6. The van der Waals surface area contributed by atoms with Crippen molar-refractivity contribution in [2.45, 2.75) is 24.4 Å². The quantitative estimate of drug-likeness (QED) is 0.271. The van der Waals surface area contributed by atoms with Gasteiger partial charge in [-0.3, -0.25) is 0 Å². The lowest BCUT2D eigenvalue weighted by molar-refractivity contribution is -0.191. The third kappa shape index (κ3) is 9.18. The molecule has 2 aromatic carbocycles. The monoisotopic (exact) mass is 502 g/mol. The van der Waals surface area contributed by atoms with Crippen LogP contribution in [-0.4, -0.2) is 81.3 Å². The van der Waals surface area contributed by atoms with E-state index in [1.54, 1.807) is 25.2 Å². The molecule has 0 aliphatic heterocycles. The fourth-order valence-electron chi connectivity index (χ4n) is 2.57. The number of oxazole rings is 1. The number of carbonyl (C=O) groups excluding carboxylic acids is 2. The number of benzene rings is 2. The fraction of sp³-hybridized carbons (Fsp3) is 0.333. The molecular weight excluding hydrogens is 479 g/mol. The molecule has 0 aliphatic carbocycles. The second kappa shape index (κ2) is 14.7. The third-order valence-electron chi connectivity index (χ3n) is 4.14. The molecule has 1 heterocycles. The van der Waals surface area contributed by atoms with Gasteiger partial charge in [-0.1, -0.05) is 35.3 Å². The van der Waals surface area contributed by atoms with Gasteiger partial charge >= 0.3 is 6.15 Å². The van der Waals surface area contributed by atoms with Crippen LogP contribution < -0.4 is 5.32 Å². The number of hydrogen-bond acceptors (Lipinski definition) is 10. The first-order chi connectivity index (χ1) is 15.7. The van der Waals surface area contributed by atoms with Gasteiger partial charge in [-0.2, -0.15) is 9.59 Å². The Bertz CT molecular complexity index is 973. The van der Waals surface area contributed by atoms with Crippen molar-refractivity contribution in [3.05, 3.63) is 52.5 Å². The van der Waals surface area contributed by atoms with E-state index in [2.05, 4.69) is 10.3 Å². The van der Waals surface area contributed by atoms with Gasteiger partial charge in [-0.05, 0) is 37.4 Å². The molecule has 180 valence electrons. The molecule has 3 aromatic rings. The number of aromatic nitrogens is 1. The molecule has 0 amide bonds. The Kier molecular flexibility index (Phi) is 12.8. The van der Waals surface area contributed by atoms with Crippen molar-refractivity contribution in [2.75, 3.05) is 20.2 Å². The largest absolute Gasteiger partial charge is 0.436 e. The van der Waals surface area contributed by atoms with Crippen LogP contribution in [0.5, 0.6) is 0 Å². The summed E-state index contributed by atoms with van der Waals surface area (Å²) in [5.74, 6) is 0.524. The Morgan fingerprint density at radius 3 is 2.06 bits per heavy atom. The summed E-state index contributed by atoms with van der Waals surface area (Å²) in [5.41, 5.74) is 2.34. The highest BCUT2D eigenvalue weighted by atomic mass is 35.5. The van der Waals surface area contributed by atoms with Crippen molar-refractivity contribution in [1.29, 1.82) is 0 Å². The molecule has 0 aliphatic rings. The molecule has 0 saturated carbocycles. The molecule has 33 heavy (non-hydrogen) atoms. The van der Waals surface area contributed by atoms with Crippen LogP contribution in [0.15, 0.2) is 46.9 Å². The summed E-state index contributed by atoms with van der Waals surface area (Å²) in [6, 6.07) is 12.8. The number of hydrogen-bond donors (Lipinski definition) is 6. The first-order valence-electron chi connectivity index (χ1n) is 9.47. The van der Waals surface area contributed by atoms with Crippen LogP contribution in [-0.2, 0) is 9.59 Å². The summed E-state index contributed by atoms with van der Waals surface area (Å²) in [6.45, 7) is -0.569. The Morgan fingerprint density at radius 2 is 1.55 bits per heavy atom. The maximum atomic E-state index is 9.21. The van der Waals surface area contributed by atoms with Crippen molar-refractivity contribution in [2.24, 2.45) is 0 Å². The smallest absolute Gasteiger partial charge is 0.373 e. The highest BCUT2D eigenvalue weighted by Gasteiger charge is 2.29. The van der Waals surface area contributed by atoms with Crippen LogP contribution in [0.1, 0.15) is 0 Å². The topological polar surface area (TPSA) is 173 Å². The minimum atomic E-state index is -1.55. The van der Waals surface area contributed by atoms with Gasteiger partial charge in [0.15, 0.2) is 5.58 Å². The van der Waals surface area contributed by atoms with Gasteiger partial charge in [-0.25, -0.2) is 4.98 Å². The zero-order valence-corrected chi connectivity index (χ0v) is 18.9. The number of aliphatic hydroxyl groups excluding tert-OH is 5. The highest BCUT2D eigenvalue weighted by Crippen LogP contribution is 2.29. The minimum absolute atomic E-state index is 0.0936. The normalized spacial score (nSPS) is 14.1. The zero-order chi connectivity index (χ0) is 25.0. The van der Waals surface area contributed by atoms with E-state index in [4.69, 9.17) is 57.6 Å². The van der Waals surface area contributed by atoms with Crippen molar-refractivity contribution in [3.8, 4) is 11.5 Å². The Labute approximate surface area is 199 Å². The number of para-hydroxylation sites is 2. The number of nitrogens with one attached hydrogen (secondary N) is 1. The molecular formula is C21H24Cl2N2O8. The van der Waals surface area contributed by atoms with E-state index in [-0.39, 0.29) is 12.7 Å². The number of aliphatic hydroxyl groups is 5. The van der Waals surface area contributed by atoms with E-state index >= 15 is 0 Å². The summed E-state index contributed by atoms with van der Waals surface area (Å²) in [7, 11) is 1.57. The van der Waals surface area contributed by atoms with Gasteiger partial charge in [-0.15, -0.1) is 0 Å². The van der Waals surface area contributed by atoms with Crippen LogP contribution in [0.2, 0.25) is 10.0 Å². The van der Waals surface area contributed by atoms with Gasteiger partial charge in [0.2, 0.25) is 5.89 Å². The van der Waals surface area contributed by atoms with E-state index in [9.17, 15) is 5.11 Å². The number of likely N-dealkylation sites (N-methyl/N-ethyl adjacent to an activating group) is 1. The molecule has 0 unspecified atom stereocenters. The molecule has 4 atom stereocenters. The predicted molar refractivity (Wildman–Crippen MR) is 120 cm³/mol. The standard InChI is InChI=1S/C13H7Cl2NO.C7H17NO5.CO2/c14-9-5-8(6-10(15)7-9)13-16-11-3-1-2-4-12(11)17-13;1-8-2-4(10)6(12)7(13)5(11)3-9;2-1-3/h1-7H;4-13H,2-3H2,1H3;/t;4-,5+,6+,7+;/m.0./s1. The first-order valence-corrected chi connectivity index (χ1v) is 10.2. The molecule has 0 bridgehead atoms. The molecule has 1 aromatic heterocycles. The lowest BCUT2D eigenvalue weighted by atomic mass is 10.0. The minimum Gasteiger partial charge on any atom is -0.436 e. The fourth-order valence-corrected chi connectivity index (χ4v) is 3.09. The van der Waals surface area contributed by atoms with Crippen LogP contribution in [0.4, 0.5) is 0 Å². The highest BCUT2D eigenvalue weighted by molar-refractivity contribution is 6.35. The number of halogens is 2. The van der Waals surface area contributed by atoms with E-state index in [0.717, 1.165) is 16.7 Å². The zero-order valence-electron chi connectivity index (χ0n) is 17.4. The number of fused-ring (bicyclic) bond motifs is 1. The van der Waals surface area contributed by atoms with Crippen LogP contribution >= 0.6 is 23.2 Å². The predicted octanol–water partition coefficient (Wildman–Crippen LogP) is 0.860. The Morgan fingerprint density at radius 1 is 1.00 bits per heavy atom. The summed E-state index contributed by atoms with van der Waals surface area (Å²) < 4.78 is 5.64. The van der Waals surface area contributed by atoms with Crippen molar-refractivity contribution < 1.29 is 39.5 Å². The lowest BCUT2D eigenvalue weighted by Gasteiger charge is -2.25. The molecule has 0 radical (unpaired) electrons. The van der Waals surface area contributed by atoms with Gasteiger partial charge < -0.3 is 35.3 Å². The molecule has 6 N–H and O–H groups in total. The van der Waals surface area contributed by atoms with E-state index < -0.39 is 31.0 Å². The van der Waals surface area contributed by atoms with Crippen LogP contribution in [0.25, 0.3) is 22.6 Å². The van der Waals surface area contributed by atoms with Gasteiger partial charge in [0.05, 0.1) is 12.7 Å². The molecule has 0 fully saturated rings. The molecule has 3 rings (SSSR count). The summed E-state index contributed by atoms with van der Waals surface area (Å²) in [4.78, 5) is 20.6. The average molecular weight is 503 g/mol. The van der Waals surface area contributed by atoms with Crippen molar-refractivity contribution in [3.63, 3.8) is 0 Å². The maximum Gasteiger partial charge on any atom is 0.373 e. The third-order valence-corrected chi connectivity index (χ3v) is 4.58. The molecule has 10 nitrogen and oxygen atoms in total. The first kappa shape index (κ1) is 28.7. The Hall–Kier alpha value is -2.37. The average Bonchev–Trinajstić information content (AvgIpc) is 3.22. The van der Waals surface area contributed by atoms with E-state index in [1.165, 1.54) is 0 Å². The molecule has 0 spiro atoms. The second-order valence-electron chi connectivity index (χ2n) is 6.58. The van der Waals surface area contributed by atoms with Crippen LogP contribution in [0, 0.1) is 0 Å². The van der Waals surface area contributed by atoms with E-state index in [0.29, 0.717) is 15.9 Å². The van der Waals surface area contributed by atoms with E-state index in [1.807, 2.05) is 24.3 Å². The number of nitrogens with zero attached hydrogens (tertiary/aromatic N) is 1. The van der Waals surface area contributed by atoms with Crippen molar-refractivity contribution >= 4 is 40.5 Å². The van der Waals surface area contributed by atoms with Gasteiger partial charge in [0.1, 0.15) is 23.8 Å². The molecule has 0 saturated heterocycles. The van der Waals surface area contributed by atoms with Gasteiger partial charge in [0, 0.05) is 22.2 Å². The maximum absolute atomic E-state index is 9.21.